The highest BCUT2D eigenvalue weighted by molar-refractivity contribution is 7.89. The largest absolute Gasteiger partial charge is 0.360 e. The van der Waals surface area contributed by atoms with Crippen LogP contribution in [0.1, 0.15) is 23.4 Å². The molecule has 0 bridgehead atoms. The minimum absolute atomic E-state index is 0.0115. The van der Waals surface area contributed by atoms with E-state index < -0.39 is 15.9 Å². The summed E-state index contributed by atoms with van der Waals surface area (Å²) in [7, 11) is -4.15. The van der Waals surface area contributed by atoms with Crippen LogP contribution in [0.25, 0.3) is 10.9 Å². The Labute approximate surface area is 164 Å². The van der Waals surface area contributed by atoms with E-state index in [2.05, 4.69) is 11.1 Å². The number of aromatic nitrogens is 2. The second-order valence-corrected chi connectivity index (χ2v) is 8.33. The Morgan fingerprint density at radius 2 is 2.00 bits per heavy atom. The van der Waals surface area contributed by atoms with Gasteiger partial charge in [-0.15, -0.1) is 6.42 Å². The van der Waals surface area contributed by atoms with Gasteiger partial charge in [-0.25, -0.2) is 12.7 Å². The topological polar surface area (TPSA) is 85.4 Å². The molecule has 0 fully saturated rings. The molecule has 146 valence electrons. The van der Waals surface area contributed by atoms with Gasteiger partial charge in [0.05, 0.1) is 6.54 Å². The molecule has 0 atom stereocenters. The first kappa shape index (κ1) is 19.7. The number of benzene rings is 1. The minimum atomic E-state index is -4.15. The van der Waals surface area contributed by atoms with Gasteiger partial charge in [-0.3, -0.25) is 4.79 Å². The van der Waals surface area contributed by atoms with Crippen molar-refractivity contribution >= 4 is 26.8 Å². The van der Waals surface area contributed by atoms with Crippen molar-refractivity contribution in [3.05, 3.63) is 47.5 Å². The molecular weight excluding hydrogens is 378 g/mol. The van der Waals surface area contributed by atoms with Gasteiger partial charge in [0.15, 0.2) is 10.7 Å². The Morgan fingerprint density at radius 1 is 1.29 bits per heavy atom. The lowest BCUT2D eigenvalue weighted by Crippen LogP contribution is -2.38. The van der Waals surface area contributed by atoms with Crippen molar-refractivity contribution in [1.82, 2.24) is 14.0 Å². The second-order valence-electron chi connectivity index (χ2n) is 6.54. The smallest absolute Gasteiger partial charge is 0.272 e. The van der Waals surface area contributed by atoms with Crippen LogP contribution in [0.2, 0.25) is 0 Å². The van der Waals surface area contributed by atoms with E-state index in [0.29, 0.717) is 6.54 Å². The van der Waals surface area contributed by atoms with Crippen LogP contribution in [-0.4, -0.2) is 34.9 Å². The maximum absolute atomic E-state index is 13.0. The summed E-state index contributed by atoms with van der Waals surface area (Å²) in [5.74, 6) is 1.80. The van der Waals surface area contributed by atoms with Gasteiger partial charge in [-0.2, -0.15) is 0 Å². The molecular formula is C20H21N3O4S. The number of fused-ring (bicyclic) bond motifs is 1. The van der Waals surface area contributed by atoms with E-state index in [1.165, 1.54) is 13.8 Å². The Bertz CT molecular complexity index is 1160. The maximum Gasteiger partial charge on any atom is 0.272 e. The van der Waals surface area contributed by atoms with Gasteiger partial charge in [0.2, 0.25) is 5.91 Å². The van der Waals surface area contributed by atoms with E-state index in [0.717, 1.165) is 20.8 Å². The SMILES string of the molecule is C#CCN(C(=O)CCn1cc(C)c2ccccc21)S(=O)(=O)c1c(C)noc1C. The average Bonchev–Trinajstić information content (AvgIpc) is 3.17. The number of hydrogen-bond donors (Lipinski definition) is 0. The van der Waals surface area contributed by atoms with Crippen LogP contribution < -0.4 is 0 Å². The Morgan fingerprint density at radius 3 is 2.64 bits per heavy atom. The zero-order valence-corrected chi connectivity index (χ0v) is 16.8. The lowest BCUT2D eigenvalue weighted by molar-refractivity contribution is -0.126. The molecule has 3 rings (SSSR count). The van der Waals surface area contributed by atoms with Crippen molar-refractivity contribution in [3.8, 4) is 12.3 Å². The number of terminal acetylenes is 1. The van der Waals surface area contributed by atoms with Crippen LogP contribution in [0.4, 0.5) is 0 Å². The Hall–Kier alpha value is -3.05. The van der Waals surface area contributed by atoms with Gasteiger partial charge in [-0.05, 0) is 32.4 Å². The van der Waals surface area contributed by atoms with Crippen LogP contribution >= 0.6 is 0 Å². The van der Waals surface area contributed by atoms with Crippen LogP contribution in [0.5, 0.6) is 0 Å². The molecule has 2 heterocycles. The number of sulfonamides is 1. The van der Waals surface area contributed by atoms with Crippen molar-refractivity contribution in [3.63, 3.8) is 0 Å². The quantitative estimate of drug-likeness (QED) is 0.595. The van der Waals surface area contributed by atoms with Crippen molar-refractivity contribution < 1.29 is 17.7 Å². The third-order valence-electron chi connectivity index (χ3n) is 4.58. The summed E-state index contributed by atoms with van der Waals surface area (Å²) in [6.45, 7) is 4.98. The molecule has 0 aliphatic heterocycles. The van der Waals surface area contributed by atoms with E-state index in [4.69, 9.17) is 10.9 Å². The van der Waals surface area contributed by atoms with Crippen molar-refractivity contribution in [2.45, 2.75) is 38.6 Å². The van der Waals surface area contributed by atoms with Crippen molar-refractivity contribution in [1.29, 1.82) is 0 Å². The Balaban J connectivity index is 1.87. The summed E-state index contributed by atoms with van der Waals surface area (Å²) in [5, 5.41) is 4.76. The molecule has 0 radical (unpaired) electrons. The fourth-order valence-corrected chi connectivity index (χ4v) is 4.93. The molecule has 28 heavy (non-hydrogen) atoms. The molecule has 3 aromatic rings. The lowest BCUT2D eigenvalue weighted by Gasteiger charge is -2.20. The number of carbonyl (C=O) groups is 1. The standard InChI is InChI=1S/C20H21N3O4S/c1-5-11-23(28(25,26)20-15(3)21-27-16(20)4)19(24)10-12-22-13-14(2)17-8-6-7-9-18(17)22/h1,6-9,13H,10-12H2,2-4H3. The third-order valence-corrected chi connectivity index (χ3v) is 6.60. The Kier molecular flexibility index (Phi) is 5.29. The van der Waals surface area contributed by atoms with Gasteiger partial charge in [0.25, 0.3) is 10.0 Å². The van der Waals surface area contributed by atoms with Crippen LogP contribution in [0, 0.1) is 33.1 Å². The fourth-order valence-electron chi connectivity index (χ4n) is 3.30. The molecule has 0 saturated heterocycles. The first-order valence-corrected chi connectivity index (χ1v) is 10.2. The predicted molar refractivity (Wildman–Crippen MR) is 105 cm³/mol. The number of aryl methyl sites for hydroxylation is 4. The third kappa shape index (κ3) is 3.41. The van der Waals surface area contributed by atoms with E-state index >= 15 is 0 Å². The summed E-state index contributed by atoms with van der Waals surface area (Å²) in [6, 6.07) is 7.85. The van der Waals surface area contributed by atoms with E-state index in [1.807, 2.05) is 42.0 Å². The predicted octanol–water partition coefficient (Wildman–Crippen LogP) is 2.80. The lowest BCUT2D eigenvalue weighted by atomic mass is 10.2. The molecule has 0 aliphatic rings. The molecule has 0 N–H and O–H groups in total. The summed E-state index contributed by atoms with van der Waals surface area (Å²) < 4.78 is 33.6. The highest BCUT2D eigenvalue weighted by atomic mass is 32.2. The van der Waals surface area contributed by atoms with E-state index in [-0.39, 0.29) is 29.3 Å². The zero-order chi connectivity index (χ0) is 20.5. The van der Waals surface area contributed by atoms with Crippen molar-refractivity contribution in [2.24, 2.45) is 0 Å². The normalized spacial score (nSPS) is 11.5. The van der Waals surface area contributed by atoms with Gasteiger partial charge in [0, 0.05) is 30.1 Å². The summed E-state index contributed by atoms with van der Waals surface area (Å²) in [4.78, 5) is 12.7. The van der Waals surface area contributed by atoms with Crippen LogP contribution in [0.15, 0.2) is 39.9 Å². The maximum atomic E-state index is 13.0. The van der Waals surface area contributed by atoms with Gasteiger partial charge in [-0.1, -0.05) is 29.3 Å². The van der Waals surface area contributed by atoms with E-state index in [9.17, 15) is 13.2 Å². The number of hydrogen-bond acceptors (Lipinski definition) is 5. The number of carbonyl (C=O) groups excluding carboxylic acids is 1. The van der Waals surface area contributed by atoms with Gasteiger partial charge >= 0.3 is 0 Å². The van der Waals surface area contributed by atoms with Gasteiger partial charge in [0.1, 0.15) is 5.69 Å². The monoisotopic (exact) mass is 399 g/mol. The summed E-state index contributed by atoms with van der Waals surface area (Å²) in [5.41, 5.74) is 2.27. The molecule has 0 saturated carbocycles. The highest BCUT2D eigenvalue weighted by Gasteiger charge is 2.33. The zero-order valence-electron chi connectivity index (χ0n) is 16.0. The molecule has 7 nitrogen and oxygen atoms in total. The first-order chi connectivity index (χ1) is 13.3. The number of rotatable bonds is 6. The molecule has 0 aliphatic carbocycles. The average molecular weight is 399 g/mol. The minimum Gasteiger partial charge on any atom is -0.360 e. The molecule has 8 heteroatoms. The number of nitrogens with zero attached hydrogens (tertiary/aromatic N) is 3. The molecule has 1 aromatic carbocycles. The van der Waals surface area contributed by atoms with Gasteiger partial charge < -0.3 is 9.09 Å². The molecule has 2 aromatic heterocycles. The number of para-hydroxylation sites is 1. The van der Waals surface area contributed by atoms with Crippen LogP contribution in [-0.2, 0) is 21.4 Å². The first-order valence-electron chi connectivity index (χ1n) is 8.73. The molecule has 0 unspecified atom stereocenters. The fraction of sp³-hybridized carbons (Fsp3) is 0.300. The summed E-state index contributed by atoms with van der Waals surface area (Å²) >= 11 is 0. The molecule has 0 spiro atoms. The van der Waals surface area contributed by atoms with E-state index in [1.54, 1.807) is 0 Å². The molecule has 1 amide bonds. The number of amides is 1. The van der Waals surface area contributed by atoms with Crippen LogP contribution in [0.3, 0.4) is 0 Å². The second kappa shape index (κ2) is 7.52. The highest BCUT2D eigenvalue weighted by Crippen LogP contribution is 2.25. The van der Waals surface area contributed by atoms with Crippen molar-refractivity contribution in [2.75, 3.05) is 6.54 Å². The summed E-state index contributed by atoms with van der Waals surface area (Å²) in [6.07, 6.45) is 7.26.